The Labute approximate surface area is 121 Å². The molecule has 0 spiro atoms. The summed E-state index contributed by atoms with van der Waals surface area (Å²) in [6, 6.07) is 3.67. The van der Waals surface area contributed by atoms with E-state index in [4.69, 9.17) is 4.74 Å². The Morgan fingerprint density at radius 1 is 1.50 bits per heavy atom. The number of carbonyl (C=O) groups is 1. The minimum absolute atomic E-state index is 0. The number of nitro benzene ring substituents is 1. The van der Waals surface area contributed by atoms with Crippen molar-refractivity contribution < 1.29 is 19.6 Å². The predicted molar refractivity (Wildman–Crippen MR) is 73.0 cm³/mol. The summed E-state index contributed by atoms with van der Waals surface area (Å²) in [5.41, 5.74) is -0.223. The fraction of sp³-hybridized carbons (Fsp3) is 0.417. The molecule has 1 aromatic carbocycles. The third kappa shape index (κ3) is 2.93. The first-order valence-electron chi connectivity index (χ1n) is 5.72. The molecule has 1 aliphatic heterocycles. The predicted octanol–water partition coefficient (Wildman–Crippen LogP) is 2.53. The topological polar surface area (TPSA) is 102 Å². The van der Waals surface area contributed by atoms with Crippen LogP contribution in [0.15, 0.2) is 18.2 Å². The van der Waals surface area contributed by atoms with Crippen LogP contribution in [0.3, 0.4) is 0 Å². The molecule has 0 aromatic heterocycles. The van der Waals surface area contributed by atoms with Crippen molar-refractivity contribution in [2.75, 3.05) is 6.61 Å². The number of nitrogens with zero attached hydrogens (tertiary/aromatic N) is 1. The fourth-order valence-corrected chi connectivity index (χ4v) is 2.09. The van der Waals surface area contributed by atoms with Crippen LogP contribution in [-0.2, 0) is 4.74 Å². The van der Waals surface area contributed by atoms with E-state index < -0.39 is 28.2 Å². The summed E-state index contributed by atoms with van der Waals surface area (Å²) < 4.78 is 4.91. The molecule has 1 aromatic rings. The van der Waals surface area contributed by atoms with Gasteiger partial charge in [0.1, 0.15) is 6.61 Å². The van der Waals surface area contributed by atoms with Gasteiger partial charge in [0.15, 0.2) is 5.75 Å². The standard InChI is InChI=1S/C12H14N2O5.ClH/c1-12(2)6-19-11(16)13-10(12)7-3-4-9(15)8(5-7)14(17)18;/h3-5,10,15H,6H2,1-2H3,(H,13,16);1H/t10-;/m0./s1. The molecule has 7 nitrogen and oxygen atoms in total. The number of aromatic hydroxyl groups is 1. The van der Waals surface area contributed by atoms with Crippen molar-refractivity contribution in [2.45, 2.75) is 19.9 Å². The van der Waals surface area contributed by atoms with E-state index in [1.165, 1.54) is 12.1 Å². The lowest BCUT2D eigenvalue weighted by atomic mass is 9.80. The number of halogens is 1. The number of nitro groups is 1. The third-order valence-electron chi connectivity index (χ3n) is 3.15. The van der Waals surface area contributed by atoms with Crippen molar-refractivity contribution >= 4 is 24.2 Å². The van der Waals surface area contributed by atoms with E-state index in [-0.39, 0.29) is 24.7 Å². The summed E-state index contributed by atoms with van der Waals surface area (Å²) >= 11 is 0. The fourth-order valence-electron chi connectivity index (χ4n) is 2.09. The number of ether oxygens (including phenoxy) is 1. The highest BCUT2D eigenvalue weighted by atomic mass is 35.5. The Morgan fingerprint density at radius 2 is 2.15 bits per heavy atom. The van der Waals surface area contributed by atoms with Crippen LogP contribution in [0.5, 0.6) is 5.75 Å². The summed E-state index contributed by atoms with van der Waals surface area (Å²) in [7, 11) is 0. The van der Waals surface area contributed by atoms with Gasteiger partial charge in [0.2, 0.25) is 0 Å². The van der Waals surface area contributed by atoms with Gasteiger partial charge in [-0.25, -0.2) is 4.79 Å². The molecular formula is C12H15ClN2O5. The van der Waals surface area contributed by atoms with Gasteiger partial charge < -0.3 is 15.2 Å². The zero-order valence-electron chi connectivity index (χ0n) is 11.0. The number of hydrogen-bond donors (Lipinski definition) is 2. The SMILES string of the molecule is CC1(C)COC(=O)N[C@H]1c1ccc(O)c([N+](=O)[O-])c1.Cl. The molecule has 1 fully saturated rings. The zero-order chi connectivity index (χ0) is 14.2. The van der Waals surface area contributed by atoms with E-state index in [0.29, 0.717) is 5.56 Å². The van der Waals surface area contributed by atoms with Gasteiger partial charge in [-0.2, -0.15) is 0 Å². The Bertz CT molecular complexity index is 547. The number of benzene rings is 1. The van der Waals surface area contributed by atoms with Crippen molar-refractivity contribution in [3.05, 3.63) is 33.9 Å². The highest BCUT2D eigenvalue weighted by Crippen LogP contribution is 2.39. The van der Waals surface area contributed by atoms with Crippen LogP contribution in [0.25, 0.3) is 0 Å². The number of hydrogen-bond acceptors (Lipinski definition) is 5. The molecule has 20 heavy (non-hydrogen) atoms. The van der Waals surface area contributed by atoms with Gasteiger partial charge in [-0.1, -0.05) is 19.9 Å². The first kappa shape index (κ1) is 16.0. The number of phenolic OH excluding ortho intramolecular Hbond substituents is 1. The van der Waals surface area contributed by atoms with Crippen molar-refractivity contribution in [2.24, 2.45) is 5.41 Å². The average Bonchev–Trinajstić information content (AvgIpc) is 2.33. The van der Waals surface area contributed by atoms with Crippen LogP contribution in [0.4, 0.5) is 10.5 Å². The van der Waals surface area contributed by atoms with E-state index in [1.54, 1.807) is 6.07 Å². The molecule has 1 saturated heterocycles. The van der Waals surface area contributed by atoms with Crippen LogP contribution in [0.1, 0.15) is 25.5 Å². The largest absolute Gasteiger partial charge is 0.502 e. The quantitative estimate of drug-likeness (QED) is 0.645. The molecule has 0 aliphatic carbocycles. The molecule has 1 aliphatic rings. The lowest BCUT2D eigenvalue weighted by Gasteiger charge is -2.38. The molecule has 0 bridgehead atoms. The number of cyclic esters (lactones) is 1. The molecule has 2 N–H and O–H groups in total. The van der Waals surface area contributed by atoms with E-state index in [0.717, 1.165) is 0 Å². The van der Waals surface area contributed by atoms with Gasteiger partial charge in [-0.15, -0.1) is 12.4 Å². The molecule has 8 heteroatoms. The summed E-state index contributed by atoms with van der Waals surface area (Å²) in [5, 5.41) is 22.9. The Morgan fingerprint density at radius 3 is 2.75 bits per heavy atom. The Hall–Kier alpha value is -2.02. The normalized spacial score (nSPS) is 20.3. The number of amides is 1. The number of nitrogens with one attached hydrogen (secondary N) is 1. The van der Waals surface area contributed by atoms with Gasteiger partial charge in [0.05, 0.1) is 11.0 Å². The summed E-state index contributed by atoms with van der Waals surface area (Å²) in [6.07, 6.45) is -0.556. The maximum absolute atomic E-state index is 11.3. The monoisotopic (exact) mass is 302 g/mol. The highest BCUT2D eigenvalue weighted by molar-refractivity contribution is 5.85. The van der Waals surface area contributed by atoms with Crippen molar-refractivity contribution in [1.82, 2.24) is 5.32 Å². The molecule has 1 amide bonds. The molecule has 0 radical (unpaired) electrons. The molecule has 0 saturated carbocycles. The first-order valence-corrected chi connectivity index (χ1v) is 5.72. The van der Waals surface area contributed by atoms with Crippen molar-refractivity contribution in [3.63, 3.8) is 0 Å². The summed E-state index contributed by atoms with van der Waals surface area (Å²) in [6.45, 7) is 3.99. The number of carbonyl (C=O) groups excluding carboxylic acids is 1. The lowest BCUT2D eigenvalue weighted by Crippen LogP contribution is -2.46. The van der Waals surface area contributed by atoms with Gasteiger partial charge in [-0.05, 0) is 11.6 Å². The molecule has 110 valence electrons. The van der Waals surface area contributed by atoms with E-state index in [1.807, 2.05) is 13.8 Å². The second-order valence-electron chi connectivity index (χ2n) is 5.15. The smallest absolute Gasteiger partial charge is 0.407 e. The van der Waals surface area contributed by atoms with Crippen LogP contribution in [0.2, 0.25) is 0 Å². The molecule has 1 heterocycles. The maximum atomic E-state index is 11.3. The summed E-state index contributed by atoms with van der Waals surface area (Å²) in [4.78, 5) is 21.5. The van der Waals surface area contributed by atoms with E-state index >= 15 is 0 Å². The van der Waals surface area contributed by atoms with Gasteiger partial charge in [-0.3, -0.25) is 10.1 Å². The number of alkyl carbamates (subject to hydrolysis) is 1. The van der Waals surface area contributed by atoms with E-state index in [9.17, 15) is 20.0 Å². The second-order valence-corrected chi connectivity index (χ2v) is 5.15. The Balaban J connectivity index is 0.00000200. The lowest BCUT2D eigenvalue weighted by molar-refractivity contribution is -0.386. The molecule has 0 unspecified atom stereocenters. The zero-order valence-corrected chi connectivity index (χ0v) is 11.8. The average molecular weight is 303 g/mol. The van der Waals surface area contributed by atoms with Crippen molar-refractivity contribution in [1.29, 1.82) is 0 Å². The minimum atomic E-state index is -0.660. The van der Waals surface area contributed by atoms with E-state index in [2.05, 4.69) is 5.32 Å². The third-order valence-corrected chi connectivity index (χ3v) is 3.15. The van der Waals surface area contributed by atoms with Crippen LogP contribution in [0, 0.1) is 15.5 Å². The number of rotatable bonds is 2. The maximum Gasteiger partial charge on any atom is 0.407 e. The van der Waals surface area contributed by atoms with Crippen molar-refractivity contribution in [3.8, 4) is 5.75 Å². The van der Waals surface area contributed by atoms with Crippen LogP contribution < -0.4 is 5.32 Å². The van der Waals surface area contributed by atoms with Gasteiger partial charge in [0, 0.05) is 11.5 Å². The molecular weight excluding hydrogens is 288 g/mol. The Kier molecular flexibility index (Phi) is 4.44. The summed E-state index contributed by atoms with van der Waals surface area (Å²) in [5.74, 6) is -0.398. The van der Waals surface area contributed by atoms with Gasteiger partial charge >= 0.3 is 11.8 Å². The second kappa shape index (κ2) is 5.54. The molecule has 2 rings (SSSR count). The number of phenols is 1. The minimum Gasteiger partial charge on any atom is -0.502 e. The first-order chi connectivity index (χ1) is 8.81. The molecule has 1 atom stereocenters. The van der Waals surface area contributed by atoms with Gasteiger partial charge in [0.25, 0.3) is 0 Å². The van der Waals surface area contributed by atoms with Crippen LogP contribution in [-0.4, -0.2) is 22.7 Å². The van der Waals surface area contributed by atoms with Crippen LogP contribution >= 0.6 is 12.4 Å². The highest BCUT2D eigenvalue weighted by Gasteiger charge is 2.38.